The lowest BCUT2D eigenvalue weighted by molar-refractivity contribution is -0.135. The third-order valence-corrected chi connectivity index (χ3v) is 5.69. The molecule has 1 saturated heterocycles. The summed E-state index contributed by atoms with van der Waals surface area (Å²) in [6.07, 6.45) is 3.50. The molecule has 0 unspecified atom stereocenters. The molecule has 0 N–H and O–H groups in total. The molecule has 1 aromatic heterocycles. The van der Waals surface area contributed by atoms with E-state index in [4.69, 9.17) is 4.74 Å². The first kappa shape index (κ1) is 18.5. The van der Waals surface area contributed by atoms with Gasteiger partial charge >= 0.3 is 0 Å². The molecule has 1 aliphatic carbocycles. The van der Waals surface area contributed by atoms with Gasteiger partial charge in [0, 0.05) is 46.9 Å². The van der Waals surface area contributed by atoms with Crippen molar-refractivity contribution in [1.82, 2.24) is 9.47 Å². The van der Waals surface area contributed by atoms with Crippen LogP contribution in [-0.2, 0) is 16.1 Å². The number of Topliss-reactive ketones (excluding diaryl/α,β-unsaturated/α-hetero) is 2. The summed E-state index contributed by atoms with van der Waals surface area (Å²) in [6, 6.07) is 14.6. The third kappa shape index (κ3) is 3.06. The summed E-state index contributed by atoms with van der Waals surface area (Å²) in [7, 11) is 0. The number of rotatable bonds is 3. The Bertz CT molecular complexity index is 1180. The molecule has 30 heavy (non-hydrogen) atoms. The minimum atomic E-state index is -0.253. The maximum Gasteiger partial charge on any atom is 0.242 e. The molecular weight excluding hydrogens is 380 g/mol. The number of ether oxygens (including phenoxy) is 1. The number of benzene rings is 2. The SMILES string of the molecule is O=C1C(=Cc2cn(CC(=O)N3CCOCC3)c3ccccc23)C(=O)c2ccccc21. The number of fused-ring (bicyclic) bond motifs is 2. The Morgan fingerprint density at radius 1 is 0.933 bits per heavy atom. The third-order valence-electron chi connectivity index (χ3n) is 5.69. The van der Waals surface area contributed by atoms with Crippen molar-refractivity contribution in [3.8, 4) is 0 Å². The smallest absolute Gasteiger partial charge is 0.242 e. The van der Waals surface area contributed by atoms with Crippen molar-refractivity contribution in [2.75, 3.05) is 26.3 Å². The molecule has 1 fully saturated rings. The van der Waals surface area contributed by atoms with Crippen LogP contribution in [0.25, 0.3) is 17.0 Å². The minimum absolute atomic E-state index is 0.0266. The molecule has 2 aromatic carbocycles. The number of para-hydroxylation sites is 1. The predicted molar refractivity (Wildman–Crippen MR) is 112 cm³/mol. The fourth-order valence-corrected chi connectivity index (χ4v) is 4.14. The number of morpholine rings is 1. The first-order chi connectivity index (χ1) is 14.6. The van der Waals surface area contributed by atoms with Gasteiger partial charge in [0.25, 0.3) is 0 Å². The lowest BCUT2D eigenvalue weighted by Gasteiger charge is -2.27. The van der Waals surface area contributed by atoms with Crippen molar-refractivity contribution in [2.24, 2.45) is 0 Å². The molecule has 150 valence electrons. The first-order valence-corrected chi connectivity index (χ1v) is 9.97. The van der Waals surface area contributed by atoms with E-state index in [2.05, 4.69) is 0 Å². The lowest BCUT2D eigenvalue weighted by Crippen LogP contribution is -2.42. The van der Waals surface area contributed by atoms with Gasteiger partial charge in [-0.1, -0.05) is 42.5 Å². The van der Waals surface area contributed by atoms with Crippen molar-refractivity contribution in [2.45, 2.75) is 6.54 Å². The number of hydrogen-bond donors (Lipinski definition) is 0. The second kappa shape index (κ2) is 7.39. The Labute approximate surface area is 173 Å². The van der Waals surface area contributed by atoms with Crippen LogP contribution >= 0.6 is 0 Å². The number of amides is 1. The molecule has 6 nitrogen and oxygen atoms in total. The van der Waals surface area contributed by atoms with E-state index >= 15 is 0 Å². The highest BCUT2D eigenvalue weighted by molar-refractivity contribution is 6.41. The summed E-state index contributed by atoms with van der Waals surface area (Å²) in [4.78, 5) is 40.1. The van der Waals surface area contributed by atoms with Crippen LogP contribution in [0, 0.1) is 0 Å². The maximum absolute atomic E-state index is 12.8. The van der Waals surface area contributed by atoms with E-state index in [1.807, 2.05) is 35.0 Å². The Balaban J connectivity index is 1.52. The zero-order valence-electron chi connectivity index (χ0n) is 16.3. The average Bonchev–Trinajstić information content (AvgIpc) is 3.25. The summed E-state index contributed by atoms with van der Waals surface area (Å²) in [5.74, 6) is -0.479. The molecule has 0 radical (unpaired) electrons. The van der Waals surface area contributed by atoms with Crippen LogP contribution in [-0.4, -0.2) is 53.2 Å². The number of hydrogen-bond acceptors (Lipinski definition) is 4. The maximum atomic E-state index is 12.8. The highest BCUT2D eigenvalue weighted by Crippen LogP contribution is 2.30. The van der Waals surface area contributed by atoms with Crippen LogP contribution in [0.1, 0.15) is 26.3 Å². The first-order valence-electron chi connectivity index (χ1n) is 9.97. The Hall–Kier alpha value is -3.51. The summed E-state index contributed by atoms with van der Waals surface area (Å²) in [5, 5.41) is 0.899. The zero-order chi connectivity index (χ0) is 20.7. The Kier molecular flexibility index (Phi) is 4.56. The molecule has 0 spiro atoms. The summed E-state index contributed by atoms with van der Waals surface area (Å²) < 4.78 is 7.21. The van der Waals surface area contributed by atoms with Crippen LogP contribution in [0.2, 0.25) is 0 Å². The lowest BCUT2D eigenvalue weighted by atomic mass is 10.1. The molecule has 0 bridgehead atoms. The highest BCUT2D eigenvalue weighted by Gasteiger charge is 2.32. The van der Waals surface area contributed by atoms with Crippen molar-refractivity contribution in [1.29, 1.82) is 0 Å². The Morgan fingerprint density at radius 3 is 2.27 bits per heavy atom. The number of nitrogens with zero attached hydrogens (tertiary/aromatic N) is 2. The van der Waals surface area contributed by atoms with Gasteiger partial charge in [-0.05, 0) is 12.1 Å². The highest BCUT2D eigenvalue weighted by atomic mass is 16.5. The largest absolute Gasteiger partial charge is 0.378 e. The van der Waals surface area contributed by atoms with Gasteiger partial charge < -0.3 is 14.2 Å². The number of carbonyl (C=O) groups is 3. The Morgan fingerprint density at radius 2 is 1.57 bits per heavy atom. The van der Waals surface area contributed by atoms with Gasteiger partial charge in [-0.3, -0.25) is 14.4 Å². The van der Waals surface area contributed by atoms with Crippen LogP contribution in [0.5, 0.6) is 0 Å². The normalized spacial score (nSPS) is 16.3. The standard InChI is InChI=1S/C24H20N2O4/c27-22(25-9-11-30-12-10-25)15-26-14-16(17-5-3-4-8-21(17)26)13-20-23(28)18-6-1-2-7-19(18)24(20)29/h1-8,13-14H,9-12,15H2. The van der Waals surface area contributed by atoms with Crippen LogP contribution in [0.15, 0.2) is 60.3 Å². The second-order valence-electron chi connectivity index (χ2n) is 7.48. The topological polar surface area (TPSA) is 68.6 Å². The van der Waals surface area contributed by atoms with E-state index < -0.39 is 0 Å². The predicted octanol–water partition coefficient (Wildman–Crippen LogP) is 2.96. The van der Waals surface area contributed by atoms with Crippen molar-refractivity contribution in [3.63, 3.8) is 0 Å². The van der Waals surface area contributed by atoms with E-state index in [-0.39, 0.29) is 29.6 Å². The molecule has 3 aromatic rings. The molecular formula is C24H20N2O4. The van der Waals surface area contributed by atoms with E-state index in [9.17, 15) is 14.4 Å². The molecule has 0 atom stereocenters. The van der Waals surface area contributed by atoms with Gasteiger partial charge in [-0.25, -0.2) is 0 Å². The van der Waals surface area contributed by atoms with Crippen LogP contribution in [0.3, 0.4) is 0 Å². The number of ketones is 2. The number of carbonyl (C=O) groups excluding carboxylic acids is 3. The van der Waals surface area contributed by atoms with Gasteiger partial charge in [0.1, 0.15) is 6.54 Å². The minimum Gasteiger partial charge on any atom is -0.378 e. The molecule has 2 heterocycles. The van der Waals surface area contributed by atoms with Crippen molar-refractivity contribution >= 4 is 34.5 Å². The quantitative estimate of drug-likeness (QED) is 0.501. The summed E-state index contributed by atoms with van der Waals surface area (Å²) in [5.41, 5.74) is 2.70. The van der Waals surface area contributed by atoms with Gasteiger partial charge in [0.15, 0.2) is 11.6 Å². The van der Waals surface area contributed by atoms with Crippen molar-refractivity contribution < 1.29 is 19.1 Å². The van der Waals surface area contributed by atoms with Crippen molar-refractivity contribution in [3.05, 3.63) is 77.0 Å². The van der Waals surface area contributed by atoms with Gasteiger partial charge in [0.05, 0.1) is 18.8 Å². The fraction of sp³-hybridized carbons (Fsp3) is 0.208. The molecule has 1 amide bonds. The number of aromatic nitrogens is 1. The molecule has 5 rings (SSSR count). The zero-order valence-corrected chi connectivity index (χ0v) is 16.3. The van der Waals surface area contributed by atoms with Gasteiger partial charge in [-0.15, -0.1) is 0 Å². The number of allylic oxidation sites excluding steroid dienone is 1. The second-order valence-corrected chi connectivity index (χ2v) is 7.48. The molecule has 2 aliphatic rings. The van der Waals surface area contributed by atoms with E-state index in [1.54, 1.807) is 35.2 Å². The molecule has 1 aliphatic heterocycles. The van der Waals surface area contributed by atoms with Gasteiger partial charge in [-0.2, -0.15) is 0 Å². The average molecular weight is 400 g/mol. The van der Waals surface area contributed by atoms with E-state index in [1.165, 1.54) is 0 Å². The van der Waals surface area contributed by atoms with E-state index in [0.29, 0.717) is 37.4 Å². The summed E-state index contributed by atoms with van der Waals surface area (Å²) in [6.45, 7) is 2.50. The fourth-order valence-electron chi connectivity index (χ4n) is 4.14. The van der Waals surface area contributed by atoms with E-state index in [0.717, 1.165) is 16.5 Å². The molecule has 0 saturated carbocycles. The van der Waals surface area contributed by atoms with Gasteiger partial charge in [0.2, 0.25) is 5.91 Å². The monoisotopic (exact) mass is 400 g/mol. The van der Waals surface area contributed by atoms with Crippen LogP contribution < -0.4 is 0 Å². The molecule has 6 heteroatoms. The summed E-state index contributed by atoms with van der Waals surface area (Å²) >= 11 is 0. The van der Waals surface area contributed by atoms with Crippen LogP contribution in [0.4, 0.5) is 0 Å².